The van der Waals surface area contributed by atoms with E-state index in [2.05, 4.69) is 193 Å². The molecule has 0 amide bonds. The lowest BCUT2D eigenvalue weighted by molar-refractivity contribution is 0.670. The highest BCUT2D eigenvalue weighted by Crippen LogP contribution is 2.46. The van der Waals surface area contributed by atoms with E-state index < -0.39 is 0 Å². The number of nitrogens with zero attached hydrogens (tertiary/aromatic N) is 4. The van der Waals surface area contributed by atoms with Gasteiger partial charge in [0, 0.05) is 49.2 Å². The molecule has 5 nitrogen and oxygen atoms in total. The van der Waals surface area contributed by atoms with E-state index in [4.69, 9.17) is 19.4 Å². The maximum Gasteiger partial charge on any atom is 0.238 e. The second-order valence-electron chi connectivity index (χ2n) is 15.9. The summed E-state index contributed by atoms with van der Waals surface area (Å²) in [7, 11) is 0. The molecule has 62 heavy (non-hydrogen) atoms. The van der Waals surface area contributed by atoms with Crippen LogP contribution in [0.4, 0.5) is 0 Å². The Labute approximate surface area is 355 Å². The van der Waals surface area contributed by atoms with Crippen molar-refractivity contribution in [3.8, 4) is 51.0 Å². The van der Waals surface area contributed by atoms with Crippen molar-refractivity contribution < 1.29 is 4.42 Å². The van der Waals surface area contributed by atoms with Gasteiger partial charge in [-0.05, 0) is 50.2 Å². The number of hydrogen-bond donors (Lipinski definition) is 0. The molecular weight excluding hydrogens is 757 g/mol. The number of hydrogen-bond acceptors (Lipinski definition) is 4. The third-order valence-electron chi connectivity index (χ3n) is 12.4. The van der Waals surface area contributed by atoms with E-state index >= 15 is 0 Å². The van der Waals surface area contributed by atoms with E-state index in [1.165, 1.54) is 16.2 Å². The lowest BCUT2D eigenvalue weighted by Crippen LogP contribution is -2.07. The van der Waals surface area contributed by atoms with Crippen molar-refractivity contribution in [2.24, 2.45) is 0 Å². The van der Waals surface area contributed by atoms with Gasteiger partial charge in [-0.25, -0.2) is 4.98 Å². The zero-order chi connectivity index (χ0) is 40.7. The largest absolute Gasteiger partial charge is 0.455 e. The van der Waals surface area contributed by atoms with Gasteiger partial charge in [0.15, 0.2) is 11.6 Å². The van der Waals surface area contributed by atoms with Crippen molar-refractivity contribution in [1.82, 2.24) is 19.5 Å². The summed E-state index contributed by atoms with van der Waals surface area (Å²) in [6, 6.07) is 72.6. The fourth-order valence-corrected chi connectivity index (χ4v) is 9.60. The number of fused-ring (bicyclic) bond motifs is 12. The molecule has 0 unspecified atom stereocenters. The van der Waals surface area contributed by atoms with Crippen LogP contribution in [0.15, 0.2) is 211 Å². The van der Waals surface area contributed by atoms with Crippen LogP contribution < -0.4 is 0 Å². The van der Waals surface area contributed by atoms with Gasteiger partial charge in [-0.2, -0.15) is 9.97 Å². The number of benzene rings is 10. The van der Waals surface area contributed by atoms with Crippen molar-refractivity contribution in [2.75, 3.05) is 0 Å². The summed E-state index contributed by atoms with van der Waals surface area (Å²) in [4.78, 5) is 16.2. The van der Waals surface area contributed by atoms with E-state index in [1.54, 1.807) is 0 Å². The fourth-order valence-electron chi connectivity index (χ4n) is 9.60. The Hall–Kier alpha value is -8.41. The summed E-state index contributed by atoms with van der Waals surface area (Å²) in [6.45, 7) is 0. The molecule has 0 saturated heterocycles. The van der Waals surface area contributed by atoms with Crippen molar-refractivity contribution in [3.63, 3.8) is 0 Å². The minimum atomic E-state index is 0.537. The van der Waals surface area contributed by atoms with Crippen LogP contribution in [0.3, 0.4) is 0 Å². The van der Waals surface area contributed by atoms with Crippen LogP contribution in [0.2, 0.25) is 0 Å². The number of rotatable bonds is 5. The average molecular weight is 791 g/mol. The topological polar surface area (TPSA) is 56.7 Å². The van der Waals surface area contributed by atoms with Crippen LogP contribution in [0.5, 0.6) is 0 Å². The molecule has 3 aromatic heterocycles. The molecule has 0 spiro atoms. The van der Waals surface area contributed by atoms with E-state index in [0.717, 1.165) is 93.3 Å². The van der Waals surface area contributed by atoms with Crippen LogP contribution >= 0.6 is 0 Å². The first kappa shape index (κ1) is 34.5. The highest BCUT2D eigenvalue weighted by atomic mass is 16.3. The molecule has 0 N–H and O–H groups in total. The van der Waals surface area contributed by atoms with Crippen LogP contribution in [-0.4, -0.2) is 19.5 Å². The predicted molar refractivity (Wildman–Crippen MR) is 256 cm³/mol. The molecule has 13 rings (SSSR count). The fraction of sp³-hybridized carbons (Fsp3) is 0. The van der Waals surface area contributed by atoms with Gasteiger partial charge in [0.25, 0.3) is 0 Å². The number of furan rings is 1. The van der Waals surface area contributed by atoms with E-state index in [-0.39, 0.29) is 0 Å². The Morgan fingerprint density at radius 2 is 0.903 bits per heavy atom. The number of aromatic nitrogens is 4. The predicted octanol–water partition coefficient (Wildman–Crippen LogP) is 15.0. The third kappa shape index (κ3) is 5.25. The molecule has 10 aromatic carbocycles. The Bertz CT molecular complexity index is 3920. The Kier molecular flexibility index (Phi) is 7.54. The SMILES string of the molecule is c1ccc(-c2ccc(-c3nc(-c4ccc5ccccc5c4)nc(-n4c5c(-c6cccc7c6oc6ccccc67)cccc5c5c6ccccc6c6ccccc6c54)n3)cc2)cc1. The minimum Gasteiger partial charge on any atom is -0.455 e. The summed E-state index contributed by atoms with van der Waals surface area (Å²) in [6.07, 6.45) is 0. The Balaban J connectivity index is 1.17. The first-order valence-corrected chi connectivity index (χ1v) is 20.9. The maximum absolute atomic E-state index is 6.73. The molecule has 0 atom stereocenters. The molecular formula is C57H34N4O. The highest BCUT2D eigenvalue weighted by Gasteiger charge is 2.25. The summed E-state index contributed by atoms with van der Waals surface area (Å²) < 4.78 is 9.02. The summed E-state index contributed by atoms with van der Waals surface area (Å²) in [5, 5.41) is 11.4. The second-order valence-corrected chi connectivity index (χ2v) is 15.9. The smallest absolute Gasteiger partial charge is 0.238 e. The molecule has 0 aliphatic carbocycles. The van der Waals surface area contributed by atoms with Crippen molar-refractivity contribution in [3.05, 3.63) is 206 Å². The second kappa shape index (κ2) is 13.6. The number of para-hydroxylation sites is 3. The van der Waals surface area contributed by atoms with Gasteiger partial charge in [-0.3, -0.25) is 4.57 Å². The van der Waals surface area contributed by atoms with E-state index in [1.807, 2.05) is 18.2 Å². The van der Waals surface area contributed by atoms with Gasteiger partial charge in [-0.15, -0.1) is 0 Å². The van der Waals surface area contributed by atoms with Crippen molar-refractivity contribution in [2.45, 2.75) is 0 Å². The van der Waals surface area contributed by atoms with Gasteiger partial charge in [0.2, 0.25) is 5.95 Å². The lowest BCUT2D eigenvalue weighted by atomic mass is 9.95. The first-order valence-electron chi connectivity index (χ1n) is 20.9. The van der Waals surface area contributed by atoms with Gasteiger partial charge in [-0.1, -0.05) is 194 Å². The molecule has 0 aliphatic heterocycles. The summed E-state index contributed by atoms with van der Waals surface area (Å²) >= 11 is 0. The quantitative estimate of drug-likeness (QED) is 0.163. The van der Waals surface area contributed by atoms with E-state index in [9.17, 15) is 0 Å². The minimum absolute atomic E-state index is 0.537. The maximum atomic E-state index is 6.73. The molecule has 5 heteroatoms. The van der Waals surface area contributed by atoms with Gasteiger partial charge in [0.1, 0.15) is 11.2 Å². The van der Waals surface area contributed by atoms with Crippen molar-refractivity contribution >= 4 is 76.1 Å². The Morgan fingerprint density at radius 3 is 1.71 bits per heavy atom. The van der Waals surface area contributed by atoms with Crippen LogP contribution in [0, 0.1) is 0 Å². The van der Waals surface area contributed by atoms with Crippen LogP contribution in [-0.2, 0) is 0 Å². The molecule has 0 radical (unpaired) electrons. The van der Waals surface area contributed by atoms with Crippen molar-refractivity contribution in [1.29, 1.82) is 0 Å². The zero-order valence-electron chi connectivity index (χ0n) is 33.3. The molecule has 0 fully saturated rings. The first-order chi connectivity index (χ1) is 30.7. The lowest BCUT2D eigenvalue weighted by Gasteiger charge is -2.15. The normalized spacial score (nSPS) is 11.9. The molecule has 0 bridgehead atoms. The molecule has 288 valence electrons. The summed E-state index contributed by atoms with van der Waals surface area (Å²) in [5.74, 6) is 1.73. The van der Waals surface area contributed by atoms with Crippen LogP contribution in [0.25, 0.3) is 127 Å². The monoisotopic (exact) mass is 790 g/mol. The van der Waals surface area contributed by atoms with Crippen LogP contribution in [0.1, 0.15) is 0 Å². The van der Waals surface area contributed by atoms with Gasteiger partial charge >= 0.3 is 0 Å². The molecule has 13 aromatic rings. The van der Waals surface area contributed by atoms with E-state index in [0.29, 0.717) is 17.6 Å². The molecule has 3 heterocycles. The average Bonchev–Trinajstić information content (AvgIpc) is 3.91. The molecule has 0 saturated carbocycles. The summed E-state index contributed by atoms with van der Waals surface area (Å²) in [5.41, 5.74) is 9.88. The Morgan fingerprint density at radius 1 is 0.339 bits per heavy atom. The third-order valence-corrected chi connectivity index (χ3v) is 12.4. The van der Waals surface area contributed by atoms with Gasteiger partial charge < -0.3 is 4.42 Å². The van der Waals surface area contributed by atoms with Gasteiger partial charge in [0.05, 0.1) is 11.0 Å². The highest BCUT2D eigenvalue weighted by molar-refractivity contribution is 6.33. The zero-order valence-corrected chi connectivity index (χ0v) is 33.3. The standard InChI is InChI=1S/C57H34N4O/c1-2-14-35(15-3-1)37-28-31-38(32-29-37)55-58-56(40-33-30-36-16-4-5-17-39(36)34-40)60-57(59-55)61-52-46(48-25-13-24-47-43-20-10-11-27-50(43)62-54(47)48)23-12-26-49(52)51-44-21-8-6-18-41(44)42-19-7-9-22-45(42)53(51)61/h1-34H. The molecule has 0 aliphatic rings.